The average Bonchev–Trinajstić information content (AvgIpc) is 3.05. The Kier molecular flexibility index (Phi) is 4.39. The predicted octanol–water partition coefficient (Wildman–Crippen LogP) is 2.83. The van der Waals surface area contributed by atoms with Gasteiger partial charge in [-0.1, -0.05) is 48.5 Å². The first kappa shape index (κ1) is 19.1. The van der Waals surface area contributed by atoms with E-state index in [2.05, 4.69) is 5.32 Å². The van der Waals surface area contributed by atoms with Crippen LogP contribution in [0.1, 0.15) is 30.4 Å². The molecule has 0 bridgehead atoms. The second kappa shape index (κ2) is 7.12. The number of Topliss-reactive ketones (excluding diaryl/α,β-unsaturated/α-hetero) is 1. The Morgan fingerprint density at radius 2 is 1.81 bits per heavy atom. The topological polar surface area (TPSA) is 108 Å². The number of ketones is 1. The highest BCUT2D eigenvalue weighted by Crippen LogP contribution is 2.54. The molecule has 1 amide bonds. The number of benzene rings is 2. The molecule has 0 saturated heterocycles. The maximum absolute atomic E-state index is 13.5. The van der Waals surface area contributed by atoms with Crippen molar-refractivity contribution in [3.8, 4) is 0 Å². The highest BCUT2D eigenvalue weighted by Gasteiger charge is 2.61. The molecular formula is C24H20N2O5. The third kappa shape index (κ3) is 2.77. The summed E-state index contributed by atoms with van der Waals surface area (Å²) < 4.78 is 11.3. The third-order valence-corrected chi connectivity index (χ3v) is 5.93. The maximum atomic E-state index is 13.5. The van der Waals surface area contributed by atoms with Crippen LogP contribution in [0, 0.1) is 0 Å². The molecule has 5 rings (SSSR count). The number of nitrogens with one attached hydrogen (secondary N) is 1. The molecule has 2 aromatic rings. The summed E-state index contributed by atoms with van der Waals surface area (Å²) in [6.45, 7) is -0.00432. The molecule has 2 aromatic carbocycles. The molecule has 31 heavy (non-hydrogen) atoms. The number of esters is 1. The number of hydrogen-bond acceptors (Lipinski definition) is 6. The van der Waals surface area contributed by atoms with Gasteiger partial charge in [0, 0.05) is 24.1 Å². The lowest BCUT2D eigenvalue weighted by atomic mass is 9.65. The minimum absolute atomic E-state index is 0.00432. The lowest BCUT2D eigenvalue weighted by Crippen LogP contribution is -2.49. The molecule has 1 aliphatic carbocycles. The molecule has 2 aliphatic heterocycles. The molecule has 3 aliphatic rings. The molecule has 7 nitrogen and oxygen atoms in total. The minimum Gasteiger partial charge on any atom is -0.457 e. The highest BCUT2D eigenvalue weighted by molar-refractivity contribution is 6.22. The lowest BCUT2D eigenvalue weighted by molar-refractivity contribution is -0.142. The van der Waals surface area contributed by atoms with Gasteiger partial charge in [-0.05, 0) is 18.1 Å². The van der Waals surface area contributed by atoms with Crippen molar-refractivity contribution in [2.24, 2.45) is 5.73 Å². The molecule has 0 aromatic heterocycles. The summed E-state index contributed by atoms with van der Waals surface area (Å²) in [7, 11) is 0. The fraction of sp³-hybridized carbons (Fsp3) is 0.208. The first-order valence-electron chi connectivity index (χ1n) is 10.1. The number of allylic oxidation sites excluding steroid dienone is 1. The third-order valence-electron chi connectivity index (χ3n) is 5.93. The number of anilines is 1. The monoisotopic (exact) mass is 416 g/mol. The minimum atomic E-state index is -1.68. The molecule has 3 N–H and O–H groups in total. The summed E-state index contributed by atoms with van der Waals surface area (Å²) in [5.41, 5.74) is 6.37. The molecule has 156 valence electrons. The summed E-state index contributed by atoms with van der Waals surface area (Å²) in [4.78, 5) is 39.9. The molecule has 0 saturated carbocycles. The molecular weight excluding hydrogens is 396 g/mol. The van der Waals surface area contributed by atoms with E-state index < -0.39 is 17.3 Å². The smallest absolute Gasteiger partial charge is 0.341 e. The summed E-state index contributed by atoms with van der Waals surface area (Å²) in [5, 5.41) is 2.81. The van der Waals surface area contributed by atoms with Crippen molar-refractivity contribution in [1.82, 2.24) is 0 Å². The Labute approximate surface area is 178 Å². The van der Waals surface area contributed by atoms with E-state index in [0.29, 0.717) is 29.9 Å². The van der Waals surface area contributed by atoms with Gasteiger partial charge in [-0.15, -0.1) is 0 Å². The quantitative estimate of drug-likeness (QED) is 0.745. The number of hydrogen-bond donors (Lipinski definition) is 2. The Bertz CT molecular complexity index is 1180. The largest absolute Gasteiger partial charge is 0.457 e. The molecule has 2 heterocycles. The lowest BCUT2D eigenvalue weighted by Gasteiger charge is -2.38. The van der Waals surface area contributed by atoms with Crippen LogP contribution in [0.2, 0.25) is 0 Å². The summed E-state index contributed by atoms with van der Waals surface area (Å²) in [6.07, 6.45) is 1.33. The van der Waals surface area contributed by atoms with E-state index in [1.807, 2.05) is 30.3 Å². The second-order valence-corrected chi connectivity index (χ2v) is 7.73. The van der Waals surface area contributed by atoms with Gasteiger partial charge in [0.2, 0.25) is 11.8 Å². The fourth-order valence-corrected chi connectivity index (χ4v) is 4.63. The van der Waals surface area contributed by atoms with Crippen molar-refractivity contribution in [3.63, 3.8) is 0 Å². The van der Waals surface area contributed by atoms with E-state index in [1.165, 1.54) is 0 Å². The van der Waals surface area contributed by atoms with Gasteiger partial charge in [-0.3, -0.25) is 9.59 Å². The number of fused-ring (bicyclic) bond motifs is 3. The highest BCUT2D eigenvalue weighted by atomic mass is 16.5. The van der Waals surface area contributed by atoms with Gasteiger partial charge in [-0.25, -0.2) is 4.79 Å². The first-order chi connectivity index (χ1) is 15.0. The SMILES string of the molecule is NC1=C(C(=O)OCc2ccccc2)C2(C(=O)Nc3ccccc32)C2=C(CCCC2=O)O1. The number of ether oxygens (including phenoxy) is 2. The Morgan fingerprint density at radius 3 is 2.61 bits per heavy atom. The normalized spacial score (nSPS) is 22.1. The van der Waals surface area contributed by atoms with Crippen LogP contribution in [-0.4, -0.2) is 17.7 Å². The number of carbonyl (C=O) groups is 3. The number of amides is 1. The average molecular weight is 416 g/mol. The van der Waals surface area contributed by atoms with E-state index in [4.69, 9.17) is 15.2 Å². The van der Waals surface area contributed by atoms with Crippen LogP contribution in [-0.2, 0) is 35.9 Å². The molecule has 1 unspecified atom stereocenters. The van der Waals surface area contributed by atoms with Gasteiger partial charge in [0.05, 0.1) is 5.57 Å². The summed E-state index contributed by atoms with van der Waals surface area (Å²) in [6, 6.07) is 16.2. The predicted molar refractivity (Wildman–Crippen MR) is 111 cm³/mol. The number of para-hydroxylation sites is 1. The zero-order valence-corrected chi connectivity index (χ0v) is 16.6. The van der Waals surface area contributed by atoms with Crippen molar-refractivity contribution in [1.29, 1.82) is 0 Å². The van der Waals surface area contributed by atoms with Crippen molar-refractivity contribution in [3.05, 3.63) is 88.5 Å². The Hall–Kier alpha value is -3.87. The van der Waals surface area contributed by atoms with Gasteiger partial charge in [0.1, 0.15) is 23.4 Å². The molecule has 0 radical (unpaired) electrons. The molecule has 1 atom stereocenters. The van der Waals surface area contributed by atoms with Crippen LogP contribution < -0.4 is 11.1 Å². The molecule has 1 spiro atoms. The van der Waals surface area contributed by atoms with E-state index >= 15 is 0 Å². The molecule has 0 fully saturated rings. The Balaban J connectivity index is 1.66. The summed E-state index contributed by atoms with van der Waals surface area (Å²) >= 11 is 0. The zero-order chi connectivity index (χ0) is 21.6. The summed E-state index contributed by atoms with van der Waals surface area (Å²) in [5.74, 6) is -1.39. The van der Waals surface area contributed by atoms with E-state index in [1.54, 1.807) is 24.3 Å². The van der Waals surface area contributed by atoms with Crippen LogP contribution in [0.5, 0.6) is 0 Å². The van der Waals surface area contributed by atoms with Crippen LogP contribution in [0.15, 0.2) is 77.4 Å². The van der Waals surface area contributed by atoms with E-state index in [0.717, 1.165) is 5.56 Å². The second-order valence-electron chi connectivity index (χ2n) is 7.73. The fourth-order valence-electron chi connectivity index (χ4n) is 4.63. The number of rotatable bonds is 3. The standard InChI is InChI=1S/C24H20N2O5/c25-21-20(22(28)30-13-14-7-2-1-3-8-14)24(19-17(27)11-6-12-18(19)31-21)15-9-4-5-10-16(15)26-23(24)29/h1-5,7-10H,6,11-13,25H2,(H,26,29). The van der Waals surface area contributed by atoms with Gasteiger partial charge in [0.25, 0.3) is 0 Å². The van der Waals surface area contributed by atoms with Gasteiger partial charge in [0.15, 0.2) is 5.78 Å². The van der Waals surface area contributed by atoms with Crippen molar-refractivity contribution >= 4 is 23.3 Å². The Morgan fingerprint density at radius 1 is 1.06 bits per heavy atom. The zero-order valence-electron chi connectivity index (χ0n) is 16.6. The van der Waals surface area contributed by atoms with Crippen molar-refractivity contribution in [2.45, 2.75) is 31.3 Å². The van der Waals surface area contributed by atoms with Crippen LogP contribution in [0.25, 0.3) is 0 Å². The van der Waals surface area contributed by atoms with Gasteiger partial charge >= 0.3 is 5.97 Å². The van der Waals surface area contributed by atoms with Crippen LogP contribution in [0.3, 0.4) is 0 Å². The van der Waals surface area contributed by atoms with Gasteiger partial charge in [-0.2, -0.15) is 0 Å². The van der Waals surface area contributed by atoms with E-state index in [-0.39, 0.29) is 35.8 Å². The van der Waals surface area contributed by atoms with Gasteiger partial charge < -0.3 is 20.5 Å². The maximum Gasteiger partial charge on any atom is 0.341 e. The first-order valence-corrected chi connectivity index (χ1v) is 10.1. The number of carbonyl (C=O) groups excluding carboxylic acids is 3. The van der Waals surface area contributed by atoms with Crippen molar-refractivity contribution < 1.29 is 23.9 Å². The van der Waals surface area contributed by atoms with Crippen molar-refractivity contribution in [2.75, 3.05) is 5.32 Å². The van der Waals surface area contributed by atoms with Crippen LogP contribution >= 0.6 is 0 Å². The van der Waals surface area contributed by atoms with E-state index in [9.17, 15) is 14.4 Å². The van der Waals surface area contributed by atoms with Crippen LogP contribution in [0.4, 0.5) is 5.69 Å². The molecule has 7 heteroatoms. The number of nitrogens with two attached hydrogens (primary N) is 1.